The predicted octanol–water partition coefficient (Wildman–Crippen LogP) is 1.15. The van der Waals surface area contributed by atoms with Gasteiger partial charge in [0.15, 0.2) is 6.61 Å². The normalized spacial score (nSPS) is 12.6. The third-order valence-electron chi connectivity index (χ3n) is 3.04. The van der Waals surface area contributed by atoms with Crippen molar-refractivity contribution in [1.82, 2.24) is 10.0 Å². The number of ether oxygens (including phenoxy) is 1. The fraction of sp³-hybridized carbons (Fsp3) is 0.500. The summed E-state index contributed by atoms with van der Waals surface area (Å²) in [4.78, 5) is 23.8. The fourth-order valence-electron chi connectivity index (χ4n) is 1.92. The van der Waals surface area contributed by atoms with E-state index in [4.69, 9.17) is 4.74 Å². The van der Waals surface area contributed by atoms with Crippen LogP contribution < -0.4 is 10.0 Å². The van der Waals surface area contributed by atoms with Gasteiger partial charge in [-0.25, -0.2) is 8.42 Å². The van der Waals surface area contributed by atoms with E-state index in [0.717, 1.165) is 0 Å². The van der Waals surface area contributed by atoms with Crippen LogP contribution in [-0.2, 0) is 24.3 Å². The second-order valence-corrected chi connectivity index (χ2v) is 8.30. The lowest BCUT2D eigenvalue weighted by molar-refractivity contribution is -0.150. The number of benzene rings is 1. The highest BCUT2D eigenvalue weighted by Gasteiger charge is 2.27. The van der Waals surface area contributed by atoms with E-state index in [0.29, 0.717) is 5.75 Å². The largest absolute Gasteiger partial charge is 0.454 e. The van der Waals surface area contributed by atoms with Gasteiger partial charge in [-0.2, -0.15) is 16.5 Å². The molecule has 0 aliphatic rings. The van der Waals surface area contributed by atoms with Crippen LogP contribution in [0.4, 0.5) is 0 Å². The maximum Gasteiger partial charge on any atom is 0.324 e. The number of carbonyl (C=O) groups excluding carboxylic acids is 2. The van der Waals surface area contributed by atoms with Crippen molar-refractivity contribution >= 4 is 33.7 Å². The highest BCUT2D eigenvalue weighted by Crippen LogP contribution is 2.11. The lowest BCUT2D eigenvalue weighted by Gasteiger charge is -2.17. The Morgan fingerprint density at radius 2 is 1.84 bits per heavy atom. The molecule has 0 radical (unpaired) electrons. The lowest BCUT2D eigenvalue weighted by Crippen LogP contribution is -2.43. The zero-order chi connectivity index (χ0) is 18.9. The van der Waals surface area contributed by atoms with Crippen LogP contribution in [0.15, 0.2) is 35.2 Å². The third-order valence-corrected chi connectivity index (χ3v) is 5.17. The Hall–Kier alpha value is -1.58. The Bertz CT molecular complexity index is 662. The number of esters is 1. The molecule has 0 aromatic heterocycles. The van der Waals surface area contributed by atoms with Crippen molar-refractivity contribution in [3.63, 3.8) is 0 Å². The molecule has 0 aliphatic heterocycles. The molecule has 0 bridgehead atoms. The summed E-state index contributed by atoms with van der Waals surface area (Å²) in [5.41, 5.74) is 0. The second kappa shape index (κ2) is 10.4. The van der Waals surface area contributed by atoms with Crippen molar-refractivity contribution in [3.05, 3.63) is 30.3 Å². The number of amides is 1. The van der Waals surface area contributed by atoms with Crippen molar-refractivity contribution in [3.8, 4) is 0 Å². The number of carbonyl (C=O) groups is 2. The molecule has 0 saturated carbocycles. The van der Waals surface area contributed by atoms with E-state index < -0.39 is 34.5 Å². The maximum atomic E-state index is 12.4. The minimum atomic E-state index is -3.85. The molecule has 0 spiro atoms. The zero-order valence-corrected chi connectivity index (χ0v) is 16.2. The van der Waals surface area contributed by atoms with Gasteiger partial charge in [0.25, 0.3) is 5.91 Å². The summed E-state index contributed by atoms with van der Waals surface area (Å²) in [5, 5.41) is 2.60. The van der Waals surface area contributed by atoms with Crippen LogP contribution in [0.25, 0.3) is 0 Å². The van der Waals surface area contributed by atoms with Gasteiger partial charge in [-0.15, -0.1) is 0 Å². The molecule has 1 aromatic carbocycles. The molecule has 0 aliphatic carbocycles. The topological polar surface area (TPSA) is 102 Å². The second-order valence-electron chi connectivity index (χ2n) is 5.60. The van der Waals surface area contributed by atoms with Crippen LogP contribution >= 0.6 is 11.8 Å². The van der Waals surface area contributed by atoms with Crippen molar-refractivity contribution in [2.45, 2.75) is 37.2 Å². The predicted molar refractivity (Wildman–Crippen MR) is 97.8 cm³/mol. The fourth-order valence-corrected chi connectivity index (χ4v) is 3.63. The van der Waals surface area contributed by atoms with Crippen molar-refractivity contribution in [2.24, 2.45) is 0 Å². The van der Waals surface area contributed by atoms with Gasteiger partial charge in [0.2, 0.25) is 10.0 Å². The zero-order valence-electron chi connectivity index (χ0n) is 14.5. The molecule has 0 saturated heterocycles. The summed E-state index contributed by atoms with van der Waals surface area (Å²) in [6, 6.07) is 6.65. The molecule has 1 atom stereocenters. The summed E-state index contributed by atoms with van der Waals surface area (Å²) in [6.45, 7) is 3.13. The molecule has 140 valence electrons. The molecule has 9 heteroatoms. The monoisotopic (exact) mass is 388 g/mol. The molecular formula is C16H24N2O5S2. The van der Waals surface area contributed by atoms with Crippen molar-refractivity contribution in [2.75, 3.05) is 18.6 Å². The molecule has 2 N–H and O–H groups in total. The molecule has 1 aromatic rings. The summed E-state index contributed by atoms with van der Waals surface area (Å²) < 4.78 is 32.1. The minimum absolute atomic E-state index is 0.0644. The number of sulfonamides is 1. The number of nitrogens with one attached hydrogen (secondary N) is 2. The van der Waals surface area contributed by atoms with Crippen LogP contribution in [0.1, 0.15) is 20.3 Å². The Morgan fingerprint density at radius 1 is 1.20 bits per heavy atom. The van der Waals surface area contributed by atoms with Crippen LogP contribution in [0.5, 0.6) is 0 Å². The molecule has 7 nitrogen and oxygen atoms in total. The van der Waals surface area contributed by atoms with Gasteiger partial charge in [-0.1, -0.05) is 18.2 Å². The average molecular weight is 389 g/mol. The van der Waals surface area contributed by atoms with E-state index in [9.17, 15) is 18.0 Å². The lowest BCUT2D eigenvalue weighted by atomic mass is 10.2. The third kappa shape index (κ3) is 7.89. The van der Waals surface area contributed by atoms with E-state index in [2.05, 4.69) is 10.0 Å². The van der Waals surface area contributed by atoms with Crippen LogP contribution in [0.2, 0.25) is 0 Å². The Labute approximate surface area is 153 Å². The first-order valence-corrected chi connectivity index (χ1v) is 10.7. The van der Waals surface area contributed by atoms with E-state index in [1.54, 1.807) is 32.0 Å². The molecule has 0 heterocycles. The van der Waals surface area contributed by atoms with E-state index in [-0.39, 0.29) is 17.4 Å². The Kier molecular flexibility index (Phi) is 8.95. The average Bonchev–Trinajstić information content (AvgIpc) is 2.56. The number of hydrogen-bond acceptors (Lipinski definition) is 6. The van der Waals surface area contributed by atoms with E-state index in [1.807, 2.05) is 6.26 Å². The van der Waals surface area contributed by atoms with Crippen molar-refractivity contribution in [1.29, 1.82) is 0 Å². The van der Waals surface area contributed by atoms with Crippen LogP contribution in [0, 0.1) is 0 Å². The summed E-state index contributed by atoms with van der Waals surface area (Å²) in [6.07, 6.45) is 2.11. The highest BCUT2D eigenvalue weighted by molar-refractivity contribution is 7.98. The molecule has 25 heavy (non-hydrogen) atoms. The highest BCUT2D eigenvalue weighted by atomic mass is 32.2. The SMILES string of the molecule is CSCC[C@H](NS(=O)(=O)c1ccccc1)C(=O)OCC(=O)NC(C)C. The van der Waals surface area contributed by atoms with Gasteiger partial charge in [0.1, 0.15) is 6.04 Å². The van der Waals surface area contributed by atoms with Gasteiger partial charge >= 0.3 is 5.97 Å². The van der Waals surface area contributed by atoms with Gasteiger partial charge in [-0.3, -0.25) is 9.59 Å². The summed E-state index contributed by atoms with van der Waals surface area (Å²) in [5.74, 6) is -0.639. The number of rotatable bonds is 10. The Balaban J connectivity index is 2.76. The summed E-state index contributed by atoms with van der Waals surface area (Å²) >= 11 is 1.48. The quantitative estimate of drug-likeness (QED) is 0.583. The Morgan fingerprint density at radius 3 is 2.40 bits per heavy atom. The van der Waals surface area contributed by atoms with Gasteiger partial charge in [0.05, 0.1) is 4.90 Å². The van der Waals surface area contributed by atoms with Crippen molar-refractivity contribution < 1.29 is 22.7 Å². The van der Waals surface area contributed by atoms with Crippen LogP contribution in [-0.4, -0.2) is 51.0 Å². The molecule has 1 amide bonds. The first kappa shape index (κ1) is 21.5. The smallest absolute Gasteiger partial charge is 0.324 e. The van der Waals surface area contributed by atoms with E-state index in [1.165, 1.54) is 23.9 Å². The maximum absolute atomic E-state index is 12.4. The van der Waals surface area contributed by atoms with Gasteiger partial charge in [-0.05, 0) is 44.4 Å². The van der Waals surface area contributed by atoms with Gasteiger partial charge in [0, 0.05) is 6.04 Å². The number of hydrogen-bond donors (Lipinski definition) is 2. The van der Waals surface area contributed by atoms with E-state index >= 15 is 0 Å². The molecule has 0 unspecified atom stereocenters. The summed E-state index contributed by atoms with van der Waals surface area (Å²) in [7, 11) is -3.85. The minimum Gasteiger partial charge on any atom is -0.454 e. The van der Waals surface area contributed by atoms with Crippen LogP contribution in [0.3, 0.4) is 0 Å². The molecular weight excluding hydrogens is 364 g/mol. The molecule has 1 rings (SSSR count). The van der Waals surface area contributed by atoms with Gasteiger partial charge < -0.3 is 10.1 Å². The standard InChI is InChI=1S/C16H24N2O5S2/c1-12(2)17-15(19)11-23-16(20)14(9-10-24-3)18-25(21,22)13-7-5-4-6-8-13/h4-8,12,14,18H,9-11H2,1-3H3,(H,17,19)/t14-/m0/s1. The first-order chi connectivity index (χ1) is 11.8. The number of thioether (sulfide) groups is 1. The molecule has 0 fully saturated rings. The first-order valence-electron chi connectivity index (χ1n) is 7.78.